The van der Waals surface area contributed by atoms with E-state index in [1.165, 1.54) is 18.2 Å². The van der Waals surface area contributed by atoms with E-state index in [-0.39, 0.29) is 5.56 Å². The van der Waals surface area contributed by atoms with Crippen molar-refractivity contribution in [2.45, 2.75) is 24.4 Å². The first-order chi connectivity index (χ1) is 11.7. The smallest absolute Gasteiger partial charge is 0.397 e. The van der Waals surface area contributed by atoms with Gasteiger partial charge in [0.2, 0.25) is 5.78 Å². The van der Waals surface area contributed by atoms with Crippen molar-refractivity contribution in [2.24, 2.45) is 0 Å². The molecule has 0 heterocycles. The van der Waals surface area contributed by atoms with Gasteiger partial charge in [-0.1, -0.05) is 30.3 Å². The van der Waals surface area contributed by atoms with Crippen molar-refractivity contribution in [3.8, 4) is 0 Å². The zero-order valence-electron chi connectivity index (χ0n) is 12.2. The Labute approximate surface area is 139 Å². The predicted octanol–water partition coefficient (Wildman–Crippen LogP) is 4.74. The van der Waals surface area contributed by atoms with E-state index in [4.69, 9.17) is 0 Å². The predicted molar refractivity (Wildman–Crippen MR) is 66.7 cm³/mol. The summed E-state index contributed by atoms with van der Waals surface area (Å²) < 4.78 is 118. The summed E-state index contributed by atoms with van der Waals surface area (Å²) in [6, 6.07) is 2.42. The molecule has 0 fully saturated rings. The van der Waals surface area contributed by atoms with E-state index in [2.05, 4.69) is 4.74 Å². The summed E-state index contributed by atoms with van der Waals surface area (Å²) >= 11 is 0. The van der Waals surface area contributed by atoms with Crippen LogP contribution in [-0.4, -0.2) is 29.5 Å². The number of carbonyl (C=O) groups excluding carboxylic acids is 2. The maximum absolute atomic E-state index is 13.5. The molecule has 0 aliphatic rings. The van der Waals surface area contributed by atoms with Gasteiger partial charge in [0.1, 0.15) is 0 Å². The van der Waals surface area contributed by atoms with Gasteiger partial charge in [0.05, 0.1) is 6.42 Å². The lowest BCUT2D eigenvalue weighted by molar-refractivity contribution is -0.383. The van der Waals surface area contributed by atoms with Crippen LogP contribution >= 0.6 is 0 Å². The molecule has 0 bridgehead atoms. The number of halogens is 9. The van der Waals surface area contributed by atoms with Crippen molar-refractivity contribution in [2.75, 3.05) is 0 Å². The molecule has 0 N–H and O–H groups in total. The standard InChI is InChI=1S/C14H7F9O3/c15-10(16)11(17)26-14(22,23)13(20,21)12(18,19)9(25)6-8(24)7-4-2-1-3-5-7/h1-5H,6H2. The van der Waals surface area contributed by atoms with Gasteiger partial charge >= 0.3 is 30.0 Å². The van der Waals surface area contributed by atoms with E-state index < -0.39 is 48.0 Å². The molecule has 0 aliphatic carbocycles. The summed E-state index contributed by atoms with van der Waals surface area (Å²) in [5, 5.41) is 0. The molecule has 1 aromatic rings. The summed E-state index contributed by atoms with van der Waals surface area (Å²) in [6.07, 6.45) is -12.0. The van der Waals surface area contributed by atoms with E-state index in [1.54, 1.807) is 0 Å². The summed E-state index contributed by atoms with van der Waals surface area (Å²) in [5.74, 6) is -17.3. The van der Waals surface area contributed by atoms with Gasteiger partial charge in [0, 0.05) is 5.56 Å². The first-order valence-electron chi connectivity index (χ1n) is 6.39. The van der Waals surface area contributed by atoms with Gasteiger partial charge in [-0.25, -0.2) is 0 Å². The highest BCUT2D eigenvalue weighted by molar-refractivity contribution is 6.10. The lowest BCUT2D eigenvalue weighted by Crippen LogP contribution is -2.59. The Bertz CT molecular complexity index is 710. The quantitative estimate of drug-likeness (QED) is 0.277. The molecule has 1 aromatic carbocycles. The van der Waals surface area contributed by atoms with Crippen LogP contribution in [0.1, 0.15) is 16.8 Å². The Hall–Kier alpha value is -2.53. The molecule has 0 unspecified atom stereocenters. The van der Waals surface area contributed by atoms with Crippen LogP contribution in [0.25, 0.3) is 0 Å². The average molecular weight is 394 g/mol. The second-order valence-electron chi connectivity index (χ2n) is 4.69. The van der Waals surface area contributed by atoms with E-state index in [1.807, 2.05) is 0 Å². The van der Waals surface area contributed by atoms with E-state index in [0.29, 0.717) is 0 Å². The van der Waals surface area contributed by atoms with Crippen molar-refractivity contribution >= 4 is 11.6 Å². The van der Waals surface area contributed by atoms with Crippen molar-refractivity contribution < 1.29 is 53.8 Å². The van der Waals surface area contributed by atoms with Crippen LogP contribution in [0.3, 0.4) is 0 Å². The third-order valence-electron chi connectivity index (χ3n) is 2.89. The highest BCUT2D eigenvalue weighted by atomic mass is 19.4. The maximum Gasteiger partial charge on any atom is 0.473 e. The molecular formula is C14H7F9O3. The van der Waals surface area contributed by atoms with Crippen LogP contribution in [0.5, 0.6) is 0 Å². The number of benzene rings is 1. The molecule has 26 heavy (non-hydrogen) atoms. The summed E-state index contributed by atoms with van der Waals surface area (Å²) in [5.41, 5.74) is -0.351. The van der Waals surface area contributed by atoms with Crippen LogP contribution in [0.15, 0.2) is 42.4 Å². The summed E-state index contributed by atoms with van der Waals surface area (Å²) in [6.45, 7) is 0. The molecule has 0 atom stereocenters. The van der Waals surface area contributed by atoms with Crippen LogP contribution in [0.2, 0.25) is 0 Å². The highest BCUT2D eigenvalue weighted by Gasteiger charge is 2.77. The van der Waals surface area contributed by atoms with E-state index in [0.717, 1.165) is 12.1 Å². The molecule has 0 aliphatic heterocycles. The molecule has 144 valence electrons. The maximum atomic E-state index is 13.5. The van der Waals surface area contributed by atoms with Gasteiger partial charge in [0.15, 0.2) is 5.78 Å². The molecule has 0 saturated heterocycles. The molecule has 12 heteroatoms. The molecule has 0 spiro atoms. The first kappa shape index (κ1) is 21.5. The third kappa shape index (κ3) is 4.17. The Morgan fingerprint density at radius 3 is 1.85 bits per heavy atom. The second-order valence-corrected chi connectivity index (χ2v) is 4.69. The van der Waals surface area contributed by atoms with Crippen molar-refractivity contribution in [1.82, 2.24) is 0 Å². The lowest BCUT2D eigenvalue weighted by atomic mass is 9.99. The van der Waals surface area contributed by atoms with Gasteiger partial charge in [-0.2, -0.15) is 39.5 Å². The normalized spacial score (nSPS) is 12.5. The van der Waals surface area contributed by atoms with Gasteiger partial charge in [-0.15, -0.1) is 0 Å². The van der Waals surface area contributed by atoms with Crippen molar-refractivity contribution in [3.05, 3.63) is 48.0 Å². The molecule has 0 aromatic heterocycles. The molecule has 3 nitrogen and oxygen atoms in total. The van der Waals surface area contributed by atoms with Crippen LogP contribution in [0, 0.1) is 0 Å². The average Bonchev–Trinajstić information content (AvgIpc) is 2.54. The number of hydrogen-bond donors (Lipinski definition) is 0. The Balaban J connectivity index is 3.07. The number of alkyl halides is 6. The van der Waals surface area contributed by atoms with Crippen molar-refractivity contribution in [3.63, 3.8) is 0 Å². The summed E-state index contributed by atoms with van der Waals surface area (Å²) in [7, 11) is 0. The number of ketones is 2. The van der Waals surface area contributed by atoms with Crippen LogP contribution < -0.4 is 0 Å². The van der Waals surface area contributed by atoms with Crippen LogP contribution in [-0.2, 0) is 9.53 Å². The minimum atomic E-state index is -6.74. The zero-order chi connectivity index (χ0) is 20.3. The monoisotopic (exact) mass is 394 g/mol. The van der Waals surface area contributed by atoms with Gasteiger partial charge in [0.25, 0.3) is 0 Å². The molecule has 0 saturated carbocycles. The SMILES string of the molecule is O=C(CC(=O)C(F)(F)C(F)(F)C(F)(F)OC(F)=C(F)F)c1ccccc1. The van der Waals surface area contributed by atoms with Gasteiger partial charge < -0.3 is 4.74 Å². The Morgan fingerprint density at radius 2 is 1.38 bits per heavy atom. The molecular weight excluding hydrogens is 387 g/mol. The number of ether oxygens (including phenoxy) is 1. The second kappa shape index (κ2) is 7.38. The Morgan fingerprint density at radius 1 is 0.885 bits per heavy atom. The van der Waals surface area contributed by atoms with E-state index >= 15 is 0 Å². The topological polar surface area (TPSA) is 43.4 Å². The third-order valence-corrected chi connectivity index (χ3v) is 2.89. The molecule has 0 amide bonds. The molecule has 1 rings (SSSR count). The number of carbonyl (C=O) groups is 2. The first-order valence-corrected chi connectivity index (χ1v) is 6.39. The molecule has 0 radical (unpaired) electrons. The van der Waals surface area contributed by atoms with Crippen molar-refractivity contribution in [1.29, 1.82) is 0 Å². The highest BCUT2D eigenvalue weighted by Crippen LogP contribution is 2.48. The van der Waals surface area contributed by atoms with E-state index in [9.17, 15) is 49.1 Å². The number of hydrogen-bond acceptors (Lipinski definition) is 3. The number of rotatable bonds is 8. The van der Waals surface area contributed by atoms with Gasteiger partial charge in [-0.05, 0) is 0 Å². The minimum Gasteiger partial charge on any atom is -0.397 e. The lowest BCUT2D eigenvalue weighted by Gasteiger charge is -2.30. The fourth-order valence-electron chi connectivity index (χ4n) is 1.56. The largest absolute Gasteiger partial charge is 0.473 e. The minimum absolute atomic E-state index is 0.351. The Kier molecular flexibility index (Phi) is 6.10. The zero-order valence-corrected chi connectivity index (χ0v) is 12.2. The number of Topliss-reactive ketones (excluding diaryl/α,β-unsaturated/α-hetero) is 2. The fraction of sp³-hybridized carbons (Fsp3) is 0.286. The van der Waals surface area contributed by atoms with Gasteiger partial charge in [-0.3, -0.25) is 9.59 Å². The summed E-state index contributed by atoms with van der Waals surface area (Å²) in [4.78, 5) is 22.8. The van der Waals surface area contributed by atoms with Crippen LogP contribution in [0.4, 0.5) is 39.5 Å². The fourth-order valence-corrected chi connectivity index (χ4v) is 1.56.